The first-order valence-corrected chi connectivity index (χ1v) is 10.2. The zero-order valence-corrected chi connectivity index (χ0v) is 16.6. The van der Waals surface area contributed by atoms with Crippen LogP contribution in [0.1, 0.15) is 30.9 Å². The van der Waals surface area contributed by atoms with Crippen molar-refractivity contribution in [1.29, 1.82) is 5.26 Å². The Labute approximate surface area is 161 Å². The van der Waals surface area contributed by atoms with Gasteiger partial charge in [0.25, 0.3) is 0 Å². The Morgan fingerprint density at radius 3 is 2.88 bits per heavy atom. The van der Waals surface area contributed by atoms with E-state index in [-0.39, 0.29) is 17.6 Å². The van der Waals surface area contributed by atoms with Crippen molar-refractivity contribution in [2.24, 2.45) is 5.92 Å². The molecule has 1 aliphatic rings. The number of hydrogen-bond donors (Lipinski definition) is 2. The van der Waals surface area contributed by atoms with Crippen molar-refractivity contribution < 1.29 is 4.79 Å². The highest BCUT2D eigenvalue weighted by atomic mass is 32.2. The van der Waals surface area contributed by atoms with Crippen LogP contribution in [0, 0.1) is 31.1 Å². The third-order valence-corrected chi connectivity index (χ3v) is 6.58. The number of nitriles is 1. The number of hydrogen-bond acceptors (Lipinski definition) is 7. The first kappa shape index (κ1) is 18.7. The SMILES string of the molecule is Cc1cccc(Nc2nnc(SCC(=O)NC(C)(C#N)C3CC3)s2)c1C. The van der Waals surface area contributed by atoms with Crippen molar-refractivity contribution in [2.45, 2.75) is 43.5 Å². The summed E-state index contributed by atoms with van der Waals surface area (Å²) in [5.41, 5.74) is 2.63. The average Bonchev–Trinajstić information content (AvgIpc) is 3.39. The highest BCUT2D eigenvalue weighted by Gasteiger charge is 2.42. The molecular formula is C18H21N5OS2. The maximum absolute atomic E-state index is 12.2. The summed E-state index contributed by atoms with van der Waals surface area (Å²) in [5.74, 6) is 0.351. The topological polar surface area (TPSA) is 90.7 Å². The number of carbonyl (C=O) groups excluding carboxylic acids is 1. The van der Waals surface area contributed by atoms with Crippen molar-refractivity contribution >= 4 is 39.8 Å². The van der Waals surface area contributed by atoms with Crippen LogP contribution in [0.15, 0.2) is 22.5 Å². The molecule has 8 heteroatoms. The molecule has 0 radical (unpaired) electrons. The van der Waals surface area contributed by atoms with Crippen LogP contribution in [0.5, 0.6) is 0 Å². The zero-order chi connectivity index (χ0) is 18.7. The van der Waals surface area contributed by atoms with Crippen molar-refractivity contribution in [3.05, 3.63) is 29.3 Å². The lowest BCUT2D eigenvalue weighted by Gasteiger charge is -2.22. The van der Waals surface area contributed by atoms with Crippen molar-refractivity contribution in [2.75, 3.05) is 11.1 Å². The summed E-state index contributed by atoms with van der Waals surface area (Å²) in [6.45, 7) is 5.92. The Kier molecular flexibility index (Phi) is 5.49. The standard InChI is InChI=1S/C18H21N5OS2/c1-11-5-4-6-14(12(11)2)20-16-22-23-17(26-16)25-9-15(24)21-18(3,10-19)13-7-8-13/h4-6,13H,7-9H2,1-3H3,(H,20,22)(H,21,24). The molecule has 26 heavy (non-hydrogen) atoms. The van der Waals surface area contributed by atoms with Crippen LogP contribution >= 0.6 is 23.1 Å². The van der Waals surface area contributed by atoms with Crippen molar-refractivity contribution in [1.82, 2.24) is 15.5 Å². The van der Waals surface area contributed by atoms with Gasteiger partial charge in [-0.3, -0.25) is 4.79 Å². The van der Waals surface area contributed by atoms with E-state index < -0.39 is 5.54 Å². The van der Waals surface area contributed by atoms with Gasteiger partial charge in [0.2, 0.25) is 11.0 Å². The quantitative estimate of drug-likeness (QED) is 0.702. The number of thioether (sulfide) groups is 1. The average molecular weight is 388 g/mol. The van der Waals surface area contributed by atoms with E-state index in [0.29, 0.717) is 5.13 Å². The molecule has 1 unspecified atom stereocenters. The van der Waals surface area contributed by atoms with Gasteiger partial charge in [-0.05, 0) is 56.7 Å². The molecule has 1 heterocycles. The normalized spacial score (nSPS) is 15.8. The number of nitrogens with one attached hydrogen (secondary N) is 2. The predicted molar refractivity (Wildman–Crippen MR) is 105 cm³/mol. The van der Waals surface area contributed by atoms with E-state index in [2.05, 4.69) is 46.8 Å². The van der Waals surface area contributed by atoms with Gasteiger partial charge in [-0.2, -0.15) is 5.26 Å². The molecule has 3 rings (SSSR count). The molecule has 2 aromatic rings. The zero-order valence-electron chi connectivity index (χ0n) is 15.0. The number of aromatic nitrogens is 2. The molecule has 0 aliphatic heterocycles. The third-order valence-electron chi connectivity index (χ3n) is 4.60. The van der Waals surface area contributed by atoms with Gasteiger partial charge in [0.1, 0.15) is 5.54 Å². The van der Waals surface area contributed by atoms with Gasteiger partial charge in [-0.15, -0.1) is 10.2 Å². The highest BCUT2D eigenvalue weighted by molar-refractivity contribution is 8.01. The molecule has 2 N–H and O–H groups in total. The minimum absolute atomic E-state index is 0.148. The van der Waals surface area contributed by atoms with Gasteiger partial charge in [-0.1, -0.05) is 35.2 Å². The van der Waals surface area contributed by atoms with E-state index >= 15 is 0 Å². The highest BCUT2D eigenvalue weighted by Crippen LogP contribution is 2.39. The molecule has 136 valence electrons. The van der Waals surface area contributed by atoms with Crippen LogP contribution in [-0.4, -0.2) is 27.4 Å². The molecule has 6 nitrogen and oxygen atoms in total. The molecule has 1 aromatic heterocycles. The Bertz CT molecular complexity index is 856. The summed E-state index contributed by atoms with van der Waals surface area (Å²) in [7, 11) is 0. The van der Waals surface area contributed by atoms with Gasteiger partial charge < -0.3 is 10.6 Å². The van der Waals surface area contributed by atoms with E-state index in [1.54, 1.807) is 6.92 Å². The molecule has 0 saturated heterocycles. The van der Waals surface area contributed by atoms with Crippen molar-refractivity contribution in [3.8, 4) is 6.07 Å². The lowest BCUT2D eigenvalue weighted by atomic mass is 9.98. The van der Waals surface area contributed by atoms with E-state index in [9.17, 15) is 10.1 Å². The Morgan fingerprint density at radius 2 is 2.19 bits per heavy atom. The number of nitrogens with zero attached hydrogens (tertiary/aromatic N) is 3. The summed E-state index contributed by atoms with van der Waals surface area (Å²) >= 11 is 2.75. The third kappa shape index (κ3) is 4.34. The van der Waals surface area contributed by atoms with Crippen LogP contribution in [-0.2, 0) is 4.79 Å². The summed E-state index contributed by atoms with van der Waals surface area (Å²) in [5, 5.41) is 24.4. The molecular weight excluding hydrogens is 366 g/mol. The second-order valence-electron chi connectivity index (χ2n) is 6.67. The smallest absolute Gasteiger partial charge is 0.231 e. The lowest BCUT2D eigenvalue weighted by molar-refractivity contribution is -0.119. The Morgan fingerprint density at radius 1 is 1.42 bits per heavy atom. The molecule has 1 aromatic carbocycles. The minimum atomic E-state index is -0.756. The second kappa shape index (κ2) is 7.64. The summed E-state index contributed by atoms with van der Waals surface area (Å²) < 4.78 is 0.720. The fraction of sp³-hybridized carbons (Fsp3) is 0.444. The minimum Gasteiger partial charge on any atom is -0.337 e. The largest absolute Gasteiger partial charge is 0.337 e. The number of anilines is 2. The van der Waals surface area contributed by atoms with Gasteiger partial charge in [0.15, 0.2) is 4.34 Å². The maximum Gasteiger partial charge on any atom is 0.231 e. The van der Waals surface area contributed by atoms with Crippen molar-refractivity contribution in [3.63, 3.8) is 0 Å². The second-order valence-corrected chi connectivity index (χ2v) is 8.87. The molecule has 1 aliphatic carbocycles. The van der Waals surface area contributed by atoms with E-state index in [4.69, 9.17) is 0 Å². The summed E-state index contributed by atoms with van der Waals surface area (Å²) in [6.07, 6.45) is 2.00. The number of aryl methyl sites for hydroxylation is 1. The van der Waals surface area contributed by atoms with Crippen LogP contribution < -0.4 is 10.6 Å². The molecule has 1 fully saturated rings. The van der Waals surface area contributed by atoms with E-state index in [1.165, 1.54) is 34.2 Å². The first-order valence-electron chi connectivity index (χ1n) is 8.43. The van der Waals surface area contributed by atoms with Gasteiger partial charge >= 0.3 is 0 Å². The number of carbonyl (C=O) groups is 1. The van der Waals surface area contributed by atoms with Gasteiger partial charge in [-0.25, -0.2) is 0 Å². The Hall–Kier alpha value is -2.11. The number of rotatable bonds is 7. The lowest BCUT2D eigenvalue weighted by Crippen LogP contribution is -2.47. The van der Waals surface area contributed by atoms with E-state index in [1.807, 2.05) is 12.1 Å². The Balaban J connectivity index is 1.54. The molecule has 1 amide bonds. The molecule has 1 atom stereocenters. The number of benzene rings is 1. The van der Waals surface area contributed by atoms with Crippen LogP contribution in [0.25, 0.3) is 0 Å². The monoisotopic (exact) mass is 387 g/mol. The molecule has 0 bridgehead atoms. The molecule has 0 spiro atoms. The number of amides is 1. The van der Waals surface area contributed by atoms with Crippen LogP contribution in [0.3, 0.4) is 0 Å². The summed E-state index contributed by atoms with van der Waals surface area (Å²) in [6, 6.07) is 8.30. The molecule has 1 saturated carbocycles. The fourth-order valence-corrected chi connectivity index (χ4v) is 4.22. The van der Waals surface area contributed by atoms with Gasteiger partial charge in [0.05, 0.1) is 11.8 Å². The predicted octanol–water partition coefficient (Wildman–Crippen LogP) is 3.80. The maximum atomic E-state index is 12.2. The van der Waals surface area contributed by atoms with E-state index in [0.717, 1.165) is 22.9 Å². The van der Waals surface area contributed by atoms with Crippen LogP contribution in [0.4, 0.5) is 10.8 Å². The first-order chi connectivity index (χ1) is 12.4. The van der Waals surface area contributed by atoms with Crippen LogP contribution in [0.2, 0.25) is 0 Å². The fourth-order valence-electron chi connectivity index (χ4n) is 2.66. The summed E-state index contributed by atoms with van der Waals surface area (Å²) in [4.78, 5) is 12.2. The van der Waals surface area contributed by atoms with Gasteiger partial charge in [0, 0.05) is 5.69 Å².